The highest BCUT2D eigenvalue weighted by atomic mass is 16.5. The molecule has 1 aliphatic rings. The van der Waals surface area contributed by atoms with E-state index in [4.69, 9.17) is 10.5 Å². The number of nitrogens with zero attached hydrogens (tertiary/aromatic N) is 3. The van der Waals surface area contributed by atoms with E-state index in [1.165, 1.54) is 0 Å². The van der Waals surface area contributed by atoms with E-state index in [1.807, 2.05) is 12.3 Å². The first-order valence-corrected chi connectivity index (χ1v) is 6.44. The number of ether oxygens (including phenoxy) is 1. The van der Waals surface area contributed by atoms with Crippen LogP contribution in [0.1, 0.15) is 30.0 Å². The molecule has 2 aromatic heterocycles. The number of amides is 1. The largest absolute Gasteiger partial charge is 0.381 e. The van der Waals surface area contributed by atoms with Gasteiger partial charge in [0, 0.05) is 31.2 Å². The maximum absolute atomic E-state index is 11.2. The fourth-order valence-corrected chi connectivity index (χ4v) is 2.65. The van der Waals surface area contributed by atoms with Crippen LogP contribution in [0, 0.1) is 0 Å². The molecule has 0 spiro atoms. The lowest BCUT2D eigenvalue weighted by atomic mass is 9.90. The normalized spacial score (nSPS) is 16.8. The van der Waals surface area contributed by atoms with Gasteiger partial charge in [-0.15, -0.1) is 0 Å². The molecule has 1 aliphatic heterocycles. The van der Waals surface area contributed by atoms with Crippen molar-refractivity contribution in [2.24, 2.45) is 5.73 Å². The van der Waals surface area contributed by atoms with Crippen molar-refractivity contribution >= 4 is 11.6 Å². The molecule has 0 atom stereocenters. The van der Waals surface area contributed by atoms with E-state index in [-0.39, 0.29) is 12.3 Å². The Kier molecular flexibility index (Phi) is 3.16. The van der Waals surface area contributed by atoms with Gasteiger partial charge in [-0.1, -0.05) is 0 Å². The van der Waals surface area contributed by atoms with Gasteiger partial charge in [-0.05, 0) is 24.8 Å². The number of hydrogen-bond donors (Lipinski definition) is 1. The summed E-state index contributed by atoms with van der Waals surface area (Å²) in [5.41, 5.74) is 7.94. The molecule has 3 rings (SSSR count). The predicted octanol–water partition coefficient (Wildman–Crippen LogP) is 0.651. The Morgan fingerprint density at radius 2 is 2.26 bits per heavy atom. The molecule has 1 saturated heterocycles. The van der Waals surface area contributed by atoms with Crippen LogP contribution in [0.5, 0.6) is 0 Å². The van der Waals surface area contributed by atoms with Crippen LogP contribution in [-0.4, -0.2) is 33.7 Å². The van der Waals surface area contributed by atoms with E-state index in [0.717, 1.165) is 43.0 Å². The number of fused-ring (bicyclic) bond motifs is 1. The molecular formula is C13H16N4O2. The zero-order valence-corrected chi connectivity index (χ0v) is 10.6. The van der Waals surface area contributed by atoms with E-state index in [2.05, 4.69) is 10.1 Å². The Morgan fingerprint density at radius 1 is 1.47 bits per heavy atom. The van der Waals surface area contributed by atoms with Crippen LogP contribution in [0.3, 0.4) is 0 Å². The number of hydrogen-bond acceptors (Lipinski definition) is 4. The summed E-state index contributed by atoms with van der Waals surface area (Å²) in [7, 11) is 0. The third-order valence-electron chi connectivity index (χ3n) is 3.48. The summed E-state index contributed by atoms with van der Waals surface area (Å²) < 4.78 is 7.12. The minimum atomic E-state index is -0.364. The number of carbonyl (C=O) groups is 1. The van der Waals surface area contributed by atoms with Gasteiger partial charge in [0.1, 0.15) is 0 Å². The van der Waals surface area contributed by atoms with E-state index >= 15 is 0 Å². The highest BCUT2D eigenvalue weighted by molar-refractivity contribution is 5.77. The summed E-state index contributed by atoms with van der Waals surface area (Å²) in [6.07, 6.45) is 5.62. The van der Waals surface area contributed by atoms with Crippen molar-refractivity contribution in [3.63, 3.8) is 0 Å². The summed E-state index contributed by atoms with van der Waals surface area (Å²) in [5, 5.41) is 4.44. The number of aromatic nitrogens is 3. The second-order valence-electron chi connectivity index (χ2n) is 4.78. The third-order valence-corrected chi connectivity index (χ3v) is 3.48. The van der Waals surface area contributed by atoms with Gasteiger partial charge < -0.3 is 10.5 Å². The topological polar surface area (TPSA) is 82.5 Å². The summed E-state index contributed by atoms with van der Waals surface area (Å²) in [6, 6.07) is 1.82. The van der Waals surface area contributed by atoms with Crippen LogP contribution < -0.4 is 5.73 Å². The zero-order chi connectivity index (χ0) is 13.2. The lowest BCUT2D eigenvalue weighted by Gasteiger charge is -2.22. The minimum Gasteiger partial charge on any atom is -0.381 e. The fraction of sp³-hybridized carbons (Fsp3) is 0.462. The summed E-state index contributed by atoms with van der Waals surface area (Å²) in [6.45, 7) is 1.48. The Labute approximate surface area is 110 Å². The molecule has 6 heteroatoms. The van der Waals surface area contributed by atoms with Gasteiger partial charge in [0.25, 0.3) is 0 Å². The molecular weight excluding hydrogens is 244 g/mol. The average Bonchev–Trinajstić information content (AvgIpc) is 2.76. The van der Waals surface area contributed by atoms with Crippen LogP contribution in [0.25, 0.3) is 5.65 Å². The van der Waals surface area contributed by atoms with E-state index in [0.29, 0.717) is 5.92 Å². The Hall–Kier alpha value is -1.95. The molecule has 0 bridgehead atoms. The van der Waals surface area contributed by atoms with Crippen molar-refractivity contribution in [3.05, 3.63) is 29.7 Å². The van der Waals surface area contributed by atoms with Crippen LogP contribution in [0.15, 0.2) is 18.5 Å². The Balaban J connectivity index is 2.09. The summed E-state index contributed by atoms with van der Waals surface area (Å²) >= 11 is 0. The molecule has 1 fully saturated rings. The van der Waals surface area contributed by atoms with E-state index < -0.39 is 0 Å². The molecule has 0 radical (unpaired) electrons. The molecule has 1 amide bonds. The maximum atomic E-state index is 11.2. The number of rotatable bonds is 3. The first-order valence-electron chi connectivity index (χ1n) is 6.44. The quantitative estimate of drug-likeness (QED) is 0.878. The standard InChI is InChI=1S/C13H16N4O2/c14-11(18)8-10-12(9-2-6-19-7-3-9)13-15-4-1-5-17(13)16-10/h1,4-5,9H,2-3,6-8H2,(H2,14,18). The average molecular weight is 260 g/mol. The van der Waals surface area contributed by atoms with Crippen molar-refractivity contribution in [2.75, 3.05) is 13.2 Å². The first-order chi connectivity index (χ1) is 9.25. The van der Waals surface area contributed by atoms with Gasteiger partial charge in [0.2, 0.25) is 5.91 Å². The highest BCUT2D eigenvalue weighted by Crippen LogP contribution is 2.32. The van der Waals surface area contributed by atoms with E-state index in [1.54, 1.807) is 10.7 Å². The molecule has 0 aliphatic carbocycles. The fourth-order valence-electron chi connectivity index (χ4n) is 2.65. The molecule has 2 N–H and O–H groups in total. The first kappa shape index (κ1) is 12.1. The van der Waals surface area contributed by atoms with Crippen LogP contribution in [0.4, 0.5) is 0 Å². The van der Waals surface area contributed by atoms with Crippen molar-refractivity contribution in [2.45, 2.75) is 25.2 Å². The molecule has 3 heterocycles. The molecule has 0 aromatic carbocycles. The lowest BCUT2D eigenvalue weighted by molar-refractivity contribution is -0.117. The van der Waals surface area contributed by atoms with Crippen molar-refractivity contribution in [1.82, 2.24) is 14.6 Å². The Morgan fingerprint density at radius 3 is 3.00 bits per heavy atom. The molecule has 0 unspecified atom stereocenters. The molecule has 2 aromatic rings. The van der Waals surface area contributed by atoms with Crippen molar-refractivity contribution < 1.29 is 9.53 Å². The summed E-state index contributed by atoms with van der Waals surface area (Å²) in [4.78, 5) is 15.6. The highest BCUT2D eigenvalue weighted by Gasteiger charge is 2.25. The van der Waals surface area contributed by atoms with Gasteiger partial charge >= 0.3 is 0 Å². The second kappa shape index (κ2) is 4.97. The van der Waals surface area contributed by atoms with Crippen molar-refractivity contribution in [1.29, 1.82) is 0 Å². The SMILES string of the molecule is NC(=O)Cc1nn2cccnc2c1C1CCOCC1. The number of primary amides is 1. The van der Waals surface area contributed by atoms with Crippen LogP contribution in [-0.2, 0) is 16.0 Å². The van der Waals surface area contributed by atoms with Gasteiger partial charge in [-0.25, -0.2) is 9.50 Å². The third kappa shape index (κ3) is 2.31. The van der Waals surface area contributed by atoms with Gasteiger partial charge in [0.15, 0.2) is 5.65 Å². The molecule has 0 saturated carbocycles. The molecule has 100 valence electrons. The number of carbonyl (C=O) groups excluding carboxylic acids is 1. The van der Waals surface area contributed by atoms with Crippen LogP contribution in [0.2, 0.25) is 0 Å². The smallest absolute Gasteiger partial charge is 0.223 e. The lowest BCUT2D eigenvalue weighted by Crippen LogP contribution is -2.18. The second-order valence-corrected chi connectivity index (χ2v) is 4.78. The zero-order valence-electron chi connectivity index (χ0n) is 10.6. The van der Waals surface area contributed by atoms with Crippen molar-refractivity contribution in [3.8, 4) is 0 Å². The monoisotopic (exact) mass is 260 g/mol. The molecule has 6 nitrogen and oxygen atoms in total. The summed E-state index contributed by atoms with van der Waals surface area (Å²) in [5.74, 6) is -0.0211. The maximum Gasteiger partial charge on any atom is 0.223 e. The Bertz CT molecular complexity index is 602. The molecule has 19 heavy (non-hydrogen) atoms. The minimum absolute atomic E-state index is 0.163. The van der Waals surface area contributed by atoms with Gasteiger partial charge in [-0.2, -0.15) is 5.10 Å². The number of nitrogens with two attached hydrogens (primary N) is 1. The van der Waals surface area contributed by atoms with E-state index in [9.17, 15) is 4.79 Å². The van der Waals surface area contributed by atoms with Gasteiger partial charge in [-0.3, -0.25) is 4.79 Å². The van der Waals surface area contributed by atoms with Gasteiger partial charge in [0.05, 0.1) is 12.1 Å². The predicted molar refractivity (Wildman–Crippen MR) is 68.7 cm³/mol. The van der Waals surface area contributed by atoms with Crippen LogP contribution >= 0.6 is 0 Å².